The maximum atomic E-state index is 11.8. The molecule has 1 aliphatic carbocycles. The average Bonchev–Trinajstić information content (AvgIpc) is 2.81. The highest BCUT2D eigenvalue weighted by molar-refractivity contribution is 7.89. The summed E-state index contributed by atoms with van der Waals surface area (Å²) in [6.45, 7) is 2.04. The van der Waals surface area contributed by atoms with Crippen LogP contribution in [0.15, 0.2) is 29.2 Å². The van der Waals surface area contributed by atoms with Crippen molar-refractivity contribution in [2.75, 3.05) is 0 Å². The van der Waals surface area contributed by atoms with Crippen molar-refractivity contribution in [3.63, 3.8) is 0 Å². The first-order valence-electron chi connectivity index (χ1n) is 5.08. The molecule has 0 aliphatic heterocycles. The van der Waals surface area contributed by atoms with Gasteiger partial charge in [-0.2, -0.15) is 0 Å². The van der Waals surface area contributed by atoms with Crippen molar-refractivity contribution in [1.82, 2.24) is 4.72 Å². The van der Waals surface area contributed by atoms with E-state index in [-0.39, 0.29) is 6.04 Å². The number of hydrogen-bond acceptors (Lipinski definition) is 2. The number of rotatable bonds is 3. The molecular weight excluding hydrogens is 209 g/mol. The van der Waals surface area contributed by atoms with Crippen LogP contribution in [-0.4, -0.2) is 22.3 Å². The van der Waals surface area contributed by atoms with Gasteiger partial charge in [-0.15, -0.1) is 0 Å². The minimum Gasteiger partial charge on any atom is -0.208 e. The SMILES string of the molecule is Bc1ccc(S(=O)(=O)N[C@@H]2C[C@H]2C)cc1. The van der Waals surface area contributed by atoms with Gasteiger partial charge in [0.25, 0.3) is 0 Å². The second-order valence-electron chi connectivity index (χ2n) is 4.25. The number of hydrogen-bond donors (Lipinski definition) is 1. The predicted molar refractivity (Wildman–Crippen MR) is 62.5 cm³/mol. The molecule has 3 nitrogen and oxygen atoms in total. The van der Waals surface area contributed by atoms with Crippen LogP contribution in [0.4, 0.5) is 0 Å². The molecule has 0 unspecified atom stereocenters. The maximum absolute atomic E-state index is 11.8. The molecule has 1 saturated carbocycles. The molecule has 1 aliphatic rings. The van der Waals surface area contributed by atoms with Gasteiger partial charge in [0.2, 0.25) is 10.0 Å². The first-order chi connectivity index (χ1) is 6.99. The van der Waals surface area contributed by atoms with Crippen LogP contribution in [0.25, 0.3) is 0 Å². The van der Waals surface area contributed by atoms with Gasteiger partial charge in [0, 0.05) is 6.04 Å². The van der Waals surface area contributed by atoms with E-state index in [2.05, 4.69) is 4.72 Å². The van der Waals surface area contributed by atoms with Gasteiger partial charge < -0.3 is 0 Å². The average molecular weight is 223 g/mol. The van der Waals surface area contributed by atoms with Crippen molar-refractivity contribution in [2.24, 2.45) is 5.92 Å². The van der Waals surface area contributed by atoms with Gasteiger partial charge in [0.1, 0.15) is 7.85 Å². The second kappa shape index (κ2) is 3.65. The zero-order valence-corrected chi connectivity index (χ0v) is 9.71. The molecule has 0 radical (unpaired) electrons. The van der Waals surface area contributed by atoms with Crippen LogP contribution in [0, 0.1) is 5.92 Å². The van der Waals surface area contributed by atoms with E-state index >= 15 is 0 Å². The van der Waals surface area contributed by atoms with E-state index in [9.17, 15) is 8.42 Å². The molecule has 0 saturated heterocycles. The van der Waals surface area contributed by atoms with E-state index in [1.165, 1.54) is 0 Å². The molecule has 15 heavy (non-hydrogen) atoms. The lowest BCUT2D eigenvalue weighted by molar-refractivity contribution is 0.578. The van der Waals surface area contributed by atoms with Gasteiger partial charge >= 0.3 is 0 Å². The first kappa shape index (κ1) is 10.7. The van der Waals surface area contributed by atoms with E-state index < -0.39 is 10.0 Å². The smallest absolute Gasteiger partial charge is 0.208 e. The maximum Gasteiger partial charge on any atom is 0.240 e. The molecule has 2 rings (SSSR count). The third kappa shape index (κ3) is 2.41. The van der Waals surface area contributed by atoms with E-state index in [1.54, 1.807) is 12.1 Å². The lowest BCUT2D eigenvalue weighted by Gasteiger charge is -2.05. The van der Waals surface area contributed by atoms with Gasteiger partial charge in [0.15, 0.2) is 0 Å². The molecule has 1 N–H and O–H groups in total. The van der Waals surface area contributed by atoms with Gasteiger partial charge in [-0.3, -0.25) is 0 Å². The third-order valence-corrected chi connectivity index (χ3v) is 4.25. The Hall–Kier alpha value is -0.805. The number of sulfonamides is 1. The number of benzene rings is 1. The molecule has 0 heterocycles. The molecule has 0 spiro atoms. The summed E-state index contributed by atoms with van der Waals surface area (Å²) in [4.78, 5) is 0.354. The van der Waals surface area contributed by atoms with Crippen LogP contribution in [0.3, 0.4) is 0 Å². The lowest BCUT2D eigenvalue weighted by Crippen LogP contribution is -2.27. The summed E-state index contributed by atoms with van der Waals surface area (Å²) in [7, 11) is -1.36. The Kier molecular flexibility index (Phi) is 2.60. The summed E-state index contributed by atoms with van der Waals surface area (Å²) < 4.78 is 26.3. The van der Waals surface area contributed by atoms with Crippen LogP contribution in [0.1, 0.15) is 13.3 Å². The Morgan fingerprint density at radius 3 is 2.33 bits per heavy atom. The molecule has 1 fully saturated rings. The molecule has 0 aromatic heterocycles. The standard InChI is InChI=1S/C10H14BNO2S/c1-7-6-10(7)12-15(13,14)9-4-2-8(11)3-5-9/h2-5,7,10,12H,6,11H2,1H3/t7-,10-/m1/s1. The first-order valence-corrected chi connectivity index (χ1v) is 6.56. The topological polar surface area (TPSA) is 46.2 Å². The van der Waals surface area contributed by atoms with E-state index in [0.29, 0.717) is 10.8 Å². The summed E-state index contributed by atoms with van der Waals surface area (Å²) in [5.74, 6) is 0.477. The number of nitrogens with one attached hydrogen (secondary N) is 1. The molecular formula is C10H14BNO2S. The summed E-state index contributed by atoms with van der Waals surface area (Å²) in [6.07, 6.45) is 0.949. The van der Waals surface area contributed by atoms with E-state index in [0.717, 1.165) is 11.9 Å². The summed E-state index contributed by atoms with van der Waals surface area (Å²) >= 11 is 0. The normalized spacial score (nSPS) is 25.1. The van der Waals surface area contributed by atoms with Crippen molar-refractivity contribution in [1.29, 1.82) is 0 Å². The third-order valence-electron chi connectivity index (χ3n) is 2.75. The molecule has 0 amide bonds. The van der Waals surface area contributed by atoms with Crippen LogP contribution < -0.4 is 10.2 Å². The Balaban J connectivity index is 2.18. The Morgan fingerprint density at radius 2 is 1.87 bits per heavy atom. The van der Waals surface area contributed by atoms with Crippen LogP contribution in [0.5, 0.6) is 0 Å². The van der Waals surface area contributed by atoms with Gasteiger partial charge in [-0.1, -0.05) is 24.5 Å². The zero-order chi connectivity index (χ0) is 11.1. The van der Waals surface area contributed by atoms with Crippen molar-refractivity contribution >= 4 is 23.3 Å². The summed E-state index contributed by atoms with van der Waals surface area (Å²) in [5.41, 5.74) is 1.06. The van der Waals surface area contributed by atoms with Crippen LogP contribution >= 0.6 is 0 Å². The van der Waals surface area contributed by atoms with Gasteiger partial charge in [-0.05, 0) is 24.5 Å². The van der Waals surface area contributed by atoms with Gasteiger partial charge in [0.05, 0.1) is 4.90 Å². The monoisotopic (exact) mass is 223 g/mol. The second-order valence-corrected chi connectivity index (χ2v) is 5.97. The largest absolute Gasteiger partial charge is 0.240 e. The molecule has 2 atom stereocenters. The van der Waals surface area contributed by atoms with Crippen molar-refractivity contribution < 1.29 is 8.42 Å². The highest BCUT2D eigenvalue weighted by Gasteiger charge is 2.36. The predicted octanol–water partition coefficient (Wildman–Crippen LogP) is -0.368. The zero-order valence-electron chi connectivity index (χ0n) is 8.90. The van der Waals surface area contributed by atoms with Crippen LogP contribution in [-0.2, 0) is 10.0 Å². The van der Waals surface area contributed by atoms with E-state index in [4.69, 9.17) is 0 Å². The van der Waals surface area contributed by atoms with Crippen molar-refractivity contribution in [2.45, 2.75) is 24.3 Å². The molecule has 80 valence electrons. The van der Waals surface area contributed by atoms with Crippen molar-refractivity contribution in [3.8, 4) is 0 Å². The fraction of sp³-hybridized carbons (Fsp3) is 0.400. The molecule has 1 aromatic rings. The highest BCUT2D eigenvalue weighted by atomic mass is 32.2. The Labute approximate surface area is 91.3 Å². The minimum absolute atomic E-state index is 0.135. The quantitative estimate of drug-likeness (QED) is 0.711. The molecule has 1 aromatic carbocycles. The van der Waals surface area contributed by atoms with Crippen LogP contribution in [0.2, 0.25) is 0 Å². The summed E-state index contributed by atoms with van der Waals surface area (Å²) in [6, 6.07) is 7.04. The lowest BCUT2D eigenvalue weighted by atomic mass is 9.97. The van der Waals surface area contributed by atoms with E-state index in [1.807, 2.05) is 26.9 Å². The molecule has 5 heteroatoms. The Morgan fingerprint density at radius 1 is 1.33 bits per heavy atom. The minimum atomic E-state index is -3.30. The molecule has 0 bridgehead atoms. The Bertz CT molecular complexity index is 455. The fourth-order valence-corrected chi connectivity index (χ4v) is 2.83. The summed E-state index contributed by atoms with van der Waals surface area (Å²) in [5, 5.41) is 0. The fourth-order valence-electron chi connectivity index (χ4n) is 1.47. The highest BCUT2D eigenvalue weighted by Crippen LogP contribution is 2.30. The van der Waals surface area contributed by atoms with Gasteiger partial charge in [-0.25, -0.2) is 13.1 Å². The van der Waals surface area contributed by atoms with Crippen molar-refractivity contribution in [3.05, 3.63) is 24.3 Å².